The van der Waals surface area contributed by atoms with Crippen LogP contribution in [0, 0.1) is 6.92 Å². The van der Waals surface area contributed by atoms with Crippen molar-refractivity contribution in [2.75, 3.05) is 4.72 Å². The number of hydrogen-bond acceptors (Lipinski definition) is 6. The highest BCUT2D eigenvalue weighted by Crippen LogP contribution is 2.29. The van der Waals surface area contributed by atoms with E-state index in [1.807, 2.05) is 0 Å². The number of sulfonamides is 1. The second-order valence-electron chi connectivity index (χ2n) is 4.21. The van der Waals surface area contributed by atoms with Crippen LogP contribution in [0.5, 0.6) is 0 Å². The average Bonchev–Trinajstić information content (AvgIpc) is 3.10. The van der Waals surface area contributed by atoms with Crippen LogP contribution in [0.15, 0.2) is 50.4 Å². The van der Waals surface area contributed by atoms with Gasteiger partial charge < -0.3 is 4.42 Å². The van der Waals surface area contributed by atoms with E-state index >= 15 is 0 Å². The van der Waals surface area contributed by atoms with Crippen LogP contribution < -0.4 is 4.72 Å². The molecule has 3 rings (SSSR count). The van der Waals surface area contributed by atoms with Crippen LogP contribution in [0.4, 0.5) is 5.69 Å². The minimum absolute atomic E-state index is 0.249. The van der Waals surface area contributed by atoms with Crippen molar-refractivity contribution in [3.05, 3.63) is 47.7 Å². The normalized spacial score (nSPS) is 11.5. The van der Waals surface area contributed by atoms with Crippen LogP contribution in [-0.4, -0.2) is 18.6 Å². The van der Waals surface area contributed by atoms with Gasteiger partial charge in [-0.1, -0.05) is 18.2 Å². The van der Waals surface area contributed by atoms with Gasteiger partial charge in [0.05, 0.1) is 11.3 Å². The fourth-order valence-electron chi connectivity index (χ4n) is 1.78. The molecule has 8 heteroatoms. The summed E-state index contributed by atoms with van der Waals surface area (Å²) in [4.78, 5) is 0. The van der Waals surface area contributed by atoms with Crippen molar-refractivity contribution in [2.24, 2.45) is 0 Å². The van der Waals surface area contributed by atoms with Crippen LogP contribution in [0.1, 0.15) is 5.89 Å². The number of benzene rings is 1. The molecule has 0 spiro atoms. The molecule has 0 amide bonds. The zero-order chi connectivity index (χ0) is 14.9. The average molecular weight is 321 g/mol. The first-order chi connectivity index (χ1) is 10.1. The van der Waals surface area contributed by atoms with Crippen molar-refractivity contribution >= 4 is 27.0 Å². The van der Waals surface area contributed by atoms with Gasteiger partial charge in [0.1, 0.15) is 4.21 Å². The number of anilines is 1. The Hall–Kier alpha value is -2.19. The minimum atomic E-state index is -3.62. The molecule has 21 heavy (non-hydrogen) atoms. The zero-order valence-corrected chi connectivity index (χ0v) is 12.6. The predicted molar refractivity (Wildman–Crippen MR) is 79.6 cm³/mol. The van der Waals surface area contributed by atoms with Gasteiger partial charge in [-0.15, -0.1) is 21.5 Å². The largest absolute Gasteiger partial charge is 0.421 e. The third-order valence-corrected chi connectivity index (χ3v) is 5.45. The molecular weight excluding hydrogens is 310 g/mol. The number of rotatable bonds is 4. The van der Waals surface area contributed by atoms with Gasteiger partial charge >= 0.3 is 0 Å². The Morgan fingerprint density at radius 2 is 1.95 bits per heavy atom. The second kappa shape index (κ2) is 5.30. The Labute approximate surface area is 125 Å². The molecule has 0 saturated carbocycles. The molecule has 0 aliphatic carbocycles. The number of nitrogens with one attached hydrogen (secondary N) is 1. The van der Waals surface area contributed by atoms with E-state index in [2.05, 4.69) is 14.9 Å². The van der Waals surface area contributed by atoms with E-state index in [-0.39, 0.29) is 10.1 Å². The first-order valence-electron chi connectivity index (χ1n) is 6.02. The van der Waals surface area contributed by atoms with Crippen LogP contribution in [0.3, 0.4) is 0 Å². The molecule has 0 atom stereocenters. The van der Waals surface area contributed by atoms with Gasteiger partial charge in [-0.25, -0.2) is 8.42 Å². The van der Waals surface area contributed by atoms with Crippen molar-refractivity contribution in [3.8, 4) is 11.5 Å². The number of hydrogen-bond donors (Lipinski definition) is 1. The van der Waals surface area contributed by atoms with Gasteiger partial charge in [-0.05, 0) is 23.6 Å². The van der Waals surface area contributed by atoms with E-state index in [0.717, 1.165) is 11.3 Å². The van der Waals surface area contributed by atoms with E-state index in [1.165, 1.54) is 0 Å². The quantitative estimate of drug-likeness (QED) is 0.798. The third kappa shape index (κ3) is 2.81. The smallest absolute Gasteiger partial charge is 0.271 e. The Morgan fingerprint density at radius 3 is 2.62 bits per heavy atom. The number of nitrogens with zero attached hydrogens (tertiary/aromatic N) is 2. The van der Waals surface area contributed by atoms with Crippen LogP contribution in [-0.2, 0) is 10.0 Å². The summed E-state index contributed by atoms with van der Waals surface area (Å²) < 4.78 is 32.7. The van der Waals surface area contributed by atoms with Crippen LogP contribution >= 0.6 is 11.3 Å². The molecule has 0 aliphatic rings. The summed E-state index contributed by atoms with van der Waals surface area (Å²) in [6, 6.07) is 10.1. The Morgan fingerprint density at radius 1 is 1.14 bits per heavy atom. The maximum Gasteiger partial charge on any atom is 0.271 e. The van der Waals surface area contributed by atoms with E-state index < -0.39 is 10.0 Å². The molecular formula is C13H11N3O3S2. The maximum absolute atomic E-state index is 12.3. The molecule has 6 nitrogen and oxygen atoms in total. The van der Waals surface area contributed by atoms with Crippen molar-refractivity contribution in [2.45, 2.75) is 11.1 Å². The van der Waals surface area contributed by atoms with Crippen molar-refractivity contribution in [1.82, 2.24) is 10.2 Å². The number of thiophene rings is 1. The number of para-hydroxylation sites is 1. The third-order valence-electron chi connectivity index (χ3n) is 2.69. The molecule has 0 bridgehead atoms. The predicted octanol–water partition coefficient (Wildman–Crippen LogP) is 2.91. The lowest BCUT2D eigenvalue weighted by Crippen LogP contribution is -2.12. The Balaban J connectivity index is 2.01. The first-order valence-corrected chi connectivity index (χ1v) is 8.38. The maximum atomic E-state index is 12.3. The molecule has 0 fully saturated rings. The topological polar surface area (TPSA) is 85.1 Å². The first kappa shape index (κ1) is 13.8. The van der Waals surface area contributed by atoms with Gasteiger partial charge in [-0.2, -0.15) is 0 Å². The van der Waals surface area contributed by atoms with Gasteiger partial charge in [0.2, 0.25) is 11.8 Å². The molecule has 0 saturated heterocycles. The van der Waals surface area contributed by atoms with E-state index in [9.17, 15) is 8.42 Å². The summed E-state index contributed by atoms with van der Waals surface area (Å²) in [6.45, 7) is 1.68. The summed E-state index contributed by atoms with van der Waals surface area (Å²) in [5.41, 5.74) is 0.938. The summed E-state index contributed by atoms with van der Waals surface area (Å²) in [5, 5.41) is 9.39. The lowest BCUT2D eigenvalue weighted by Gasteiger charge is -2.09. The number of aryl methyl sites for hydroxylation is 1. The molecule has 2 heterocycles. The Kier molecular flexibility index (Phi) is 3.48. The van der Waals surface area contributed by atoms with Crippen molar-refractivity contribution in [1.29, 1.82) is 0 Å². The lowest BCUT2D eigenvalue weighted by molar-refractivity contribution is 0.533. The van der Waals surface area contributed by atoms with Crippen LogP contribution in [0.25, 0.3) is 11.5 Å². The van der Waals surface area contributed by atoms with Crippen molar-refractivity contribution < 1.29 is 12.8 Å². The summed E-state index contributed by atoms with van der Waals surface area (Å²) in [7, 11) is -3.62. The van der Waals surface area contributed by atoms with Gasteiger partial charge in [0.25, 0.3) is 10.0 Å². The van der Waals surface area contributed by atoms with Gasteiger partial charge in [-0.3, -0.25) is 4.72 Å². The highest BCUT2D eigenvalue weighted by atomic mass is 32.2. The second-order valence-corrected chi connectivity index (χ2v) is 7.07. The van der Waals surface area contributed by atoms with Crippen molar-refractivity contribution in [3.63, 3.8) is 0 Å². The van der Waals surface area contributed by atoms with E-state index in [4.69, 9.17) is 4.42 Å². The van der Waals surface area contributed by atoms with E-state index in [0.29, 0.717) is 17.1 Å². The lowest BCUT2D eigenvalue weighted by atomic mass is 10.2. The Bertz CT molecular complexity index is 854. The van der Waals surface area contributed by atoms with Gasteiger partial charge in [0, 0.05) is 6.92 Å². The molecule has 1 N–H and O–H groups in total. The molecule has 0 radical (unpaired) electrons. The highest BCUT2D eigenvalue weighted by molar-refractivity contribution is 7.94. The summed E-state index contributed by atoms with van der Waals surface area (Å²) in [6.07, 6.45) is 0. The SMILES string of the molecule is Cc1nnc(-c2ccccc2NS(=O)(=O)c2cccs2)o1. The highest BCUT2D eigenvalue weighted by Gasteiger charge is 2.19. The summed E-state index contributed by atoms with van der Waals surface area (Å²) in [5.74, 6) is 0.692. The molecule has 3 aromatic rings. The minimum Gasteiger partial charge on any atom is -0.421 e. The van der Waals surface area contributed by atoms with Crippen LogP contribution in [0.2, 0.25) is 0 Å². The zero-order valence-electron chi connectivity index (χ0n) is 11.0. The molecule has 0 unspecified atom stereocenters. The van der Waals surface area contributed by atoms with E-state index in [1.54, 1.807) is 48.7 Å². The standard InChI is InChI=1S/C13H11N3O3S2/c1-9-14-15-13(19-9)10-5-2-3-6-11(10)16-21(17,18)12-7-4-8-20-12/h2-8,16H,1H3. The molecule has 108 valence electrons. The fourth-order valence-corrected chi connectivity index (χ4v) is 3.85. The van der Waals surface area contributed by atoms with Gasteiger partial charge in [0.15, 0.2) is 0 Å². The fraction of sp³-hybridized carbons (Fsp3) is 0.0769. The molecule has 2 aromatic heterocycles. The number of aromatic nitrogens is 2. The molecule has 0 aliphatic heterocycles. The monoisotopic (exact) mass is 321 g/mol. The summed E-state index contributed by atoms with van der Waals surface area (Å²) >= 11 is 1.15. The molecule has 1 aromatic carbocycles.